The lowest BCUT2D eigenvalue weighted by Gasteiger charge is -2.33. The Morgan fingerprint density at radius 3 is 2.45 bits per heavy atom. The lowest BCUT2D eigenvalue weighted by molar-refractivity contribution is -0.130. The van der Waals surface area contributed by atoms with Crippen LogP contribution in [-0.2, 0) is 24.2 Å². The predicted molar refractivity (Wildman–Crippen MR) is 157 cm³/mol. The summed E-state index contributed by atoms with van der Waals surface area (Å²) in [6.07, 6.45) is 1.18. The maximum absolute atomic E-state index is 13.4. The molecule has 3 amide bonds. The number of carbonyl (C=O) groups excluding carboxylic acids is 2. The van der Waals surface area contributed by atoms with Crippen LogP contribution in [-0.4, -0.2) is 96.5 Å². The topological polar surface area (TPSA) is 111 Å². The third-order valence-corrected chi connectivity index (χ3v) is 7.68. The van der Waals surface area contributed by atoms with E-state index >= 15 is 0 Å². The molecule has 3 aromatic rings. The molecule has 2 aliphatic heterocycles. The van der Waals surface area contributed by atoms with Crippen molar-refractivity contribution in [3.05, 3.63) is 71.3 Å². The van der Waals surface area contributed by atoms with Gasteiger partial charge in [-0.2, -0.15) is 4.98 Å². The summed E-state index contributed by atoms with van der Waals surface area (Å²) in [6.45, 7) is 4.77. The van der Waals surface area contributed by atoms with E-state index in [1.54, 1.807) is 19.0 Å². The molecule has 3 N–H and O–H groups in total. The van der Waals surface area contributed by atoms with E-state index < -0.39 is 6.04 Å². The van der Waals surface area contributed by atoms with Crippen molar-refractivity contribution in [3.8, 4) is 11.3 Å². The highest BCUT2D eigenvalue weighted by Gasteiger charge is 2.27. The van der Waals surface area contributed by atoms with Crippen molar-refractivity contribution in [1.82, 2.24) is 30.0 Å². The quantitative estimate of drug-likeness (QED) is 0.492. The second-order valence-electron chi connectivity index (χ2n) is 10.8. The van der Waals surface area contributed by atoms with E-state index in [-0.39, 0.29) is 17.9 Å². The van der Waals surface area contributed by atoms with Crippen molar-refractivity contribution in [2.45, 2.75) is 25.4 Å². The van der Waals surface area contributed by atoms with E-state index in [1.807, 2.05) is 36.4 Å². The fourth-order valence-corrected chi connectivity index (χ4v) is 5.29. The first-order valence-electron chi connectivity index (χ1n) is 13.8. The van der Waals surface area contributed by atoms with Gasteiger partial charge in [-0.15, -0.1) is 0 Å². The second kappa shape index (κ2) is 11.9. The van der Waals surface area contributed by atoms with Gasteiger partial charge in [0.25, 0.3) is 0 Å². The number of rotatable bonds is 6. The number of nitrogens with zero attached hydrogens (tertiary/aromatic N) is 6. The Labute approximate surface area is 235 Å². The van der Waals surface area contributed by atoms with Crippen LogP contribution in [0.5, 0.6) is 0 Å². The molecule has 0 unspecified atom stereocenters. The van der Waals surface area contributed by atoms with Gasteiger partial charge in [-0.25, -0.2) is 9.78 Å². The Hall–Kier alpha value is -4.18. The minimum absolute atomic E-state index is 0.130. The highest BCUT2D eigenvalue weighted by atomic mass is 16.2. The van der Waals surface area contributed by atoms with Crippen LogP contribution in [0.1, 0.15) is 16.7 Å². The minimum Gasteiger partial charge on any atom is -0.368 e. The molecular formula is C30H38N8O2. The lowest BCUT2D eigenvalue weighted by atomic mass is 9.96. The number of likely N-dealkylation sites (N-methyl/N-ethyl adjacent to an activating group) is 2. The van der Waals surface area contributed by atoms with Gasteiger partial charge < -0.3 is 30.7 Å². The zero-order chi connectivity index (χ0) is 28.2. The van der Waals surface area contributed by atoms with Crippen molar-refractivity contribution in [3.63, 3.8) is 0 Å². The van der Waals surface area contributed by atoms with Crippen molar-refractivity contribution in [1.29, 1.82) is 0 Å². The molecule has 2 aromatic carbocycles. The van der Waals surface area contributed by atoms with E-state index in [0.717, 1.165) is 60.8 Å². The summed E-state index contributed by atoms with van der Waals surface area (Å²) in [6, 6.07) is 17.1. The molecule has 1 atom stereocenters. The Morgan fingerprint density at radius 1 is 0.975 bits per heavy atom. The van der Waals surface area contributed by atoms with E-state index in [2.05, 4.69) is 50.3 Å². The number of nitrogen functional groups attached to an aromatic ring is 1. The largest absolute Gasteiger partial charge is 0.368 e. The van der Waals surface area contributed by atoms with Gasteiger partial charge in [0.1, 0.15) is 11.9 Å². The SMILES string of the molecule is CN1CCN(c2cc(-c3ccc4c(c3)CN(C(=O)N[C@@H](Cc3ccccc3)C(=O)N(C)C)CC4)nc(N)n2)CC1. The summed E-state index contributed by atoms with van der Waals surface area (Å²) in [4.78, 5) is 43.2. The van der Waals surface area contributed by atoms with Crippen LogP contribution in [0.25, 0.3) is 11.3 Å². The molecule has 1 fully saturated rings. The number of hydrogen-bond donors (Lipinski definition) is 2. The fourth-order valence-electron chi connectivity index (χ4n) is 5.29. The molecule has 210 valence electrons. The number of nitrogens with one attached hydrogen (secondary N) is 1. The first kappa shape index (κ1) is 27.4. The Bertz CT molecular complexity index is 1360. The van der Waals surface area contributed by atoms with E-state index in [1.165, 1.54) is 10.5 Å². The van der Waals surface area contributed by atoms with Gasteiger partial charge in [-0.05, 0) is 36.2 Å². The van der Waals surface area contributed by atoms with Crippen molar-refractivity contribution in [2.75, 3.05) is 64.5 Å². The first-order chi connectivity index (χ1) is 19.3. The fraction of sp³-hybridized carbons (Fsp3) is 0.400. The molecule has 2 aliphatic rings. The van der Waals surface area contributed by atoms with Crippen LogP contribution >= 0.6 is 0 Å². The number of carbonyl (C=O) groups is 2. The normalized spacial score (nSPS) is 16.3. The number of nitrogens with two attached hydrogens (primary N) is 1. The van der Waals surface area contributed by atoms with Gasteiger partial charge in [0, 0.05) is 71.4 Å². The van der Waals surface area contributed by atoms with Gasteiger partial charge >= 0.3 is 6.03 Å². The summed E-state index contributed by atoms with van der Waals surface area (Å²) in [5.74, 6) is 0.957. The summed E-state index contributed by atoms with van der Waals surface area (Å²) in [5.41, 5.74) is 11.1. The Balaban J connectivity index is 1.32. The number of urea groups is 1. The lowest BCUT2D eigenvalue weighted by Crippen LogP contribution is -2.52. The molecule has 0 bridgehead atoms. The summed E-state index contributed by atoms with van der Waals surface area (Å²) < 4.78 is 0. The van der Waals surface area contributed by atoms with Gasteiger partial charge in [0.05, 0.1) is 5.69 Å². The van der Waals surface area contributed by atoms with Crippen LogP contribution in [0.2, 0.25) is 0 Å². The third kappa shape index (κ3) is 6.34. The number of benzene rings is 2. The van der Waals surface area contributed by atoms with Crippen molar-refractivity contribution in [2.24, 2.45) is 0 Å². The molecule has 1 aromatic heterocycles. The Kier molecular flexibility index (Phi) is 8.16. The van der Waals surface area contributed by atoms with Gasteiger partial charge in [0.2, 0.25) is 11.9 Å². The van der Waals surface area contributed by atoms with Crippen LogP contribution in [0.4, 0.5) is 16.6 Å². The number of fused-ring (bicyclic) bond motifs is 1. The van der Waals surface area contributed by atoms with E-state index in [0.29, 0.717) is 19.5 Å². The number of piperazine rings is 1. The van der Waals surface area contributed by atoms with Crippen LogP contribution in [0, 0.1) is 0 Å². The molecule has 0 saturated carbocycles. The number of amides is 3. The summed E-state index contributed by atoms with van der Waals surface area (Å²) in [7, 11) is 5.54. The van der Waals surface area contributed by atoms with Crippen LogP contribution in [0.15, 0.2) is 54.6 Å². The highest BCUT2D eigenvalue weighted by molar-refractivity contribution is 5.87. The first-order valence-corrected chi connectivity index (χ1v) is 13.8. The molecule has 0 aliphatic carbocycles. The predicted octanol–water partition coefficient (Wildman–Crippen LogP) is 2.24. The van der Waals surface area contributed by atoms with Crippen LogP contribution < -0.4 is 16.0 Å². The Morgan fingerprint density at radius 2 is 1.73 bits per heavy atom. The molecule has 1 saturated heterocycles. The maximum atomic E-state index is 13.4. The molecule has 3 heterocycles. The van der Waals surface area contributed by atoms with Crippen molar-refractivity contribution < 1.29 is 9.59 Å². The molecular weight excluding hydrogens is 504 g/mol. The van der Waals surface area contributed by atoms with E-state index in [9.17, 15) is 9.59 Å². The number of hydrogen-bond acceptors (Lipinski definition) is 7. The van der Waals surface area contributed by atoms with E-state index in [4.69, 9.17) is 5.73 Å². The number of aromatic nitrogens is 2. The summed E-state index contributed by atoms with van der Waals surface area (Å²) >= 11 is 0. The maximum Gasteiger partial charge on any atom is 0.318 e. The standard InChI is InChI=1S/C30H38N8O2/c1-35(2)28(39)26(17-21-7-5-4-6-8-21)33-30(40)38-12-11-22-9-10-23(18-24(22)20-38)25-19-27(34-29(31)32-25)37-15-13-36(3)14-16-37/h4-10,18-19,26H,11-17,20H2,1-3H3,(H,33,40)(H2,31,32,34)/t26-/m0/s1. The smallest absolute Gasteiger partial charge is 0.318 e. The minimum atomic E-state index is -0.644. The third-order valence-electron chi connectivity index (χ3n) is 7.68. The average molecular weight is 543 g/mol. The molecule has 0 spiro atoms. The van der Waals surface area contributed by atoms with Crippen LogP contribution in [0.3, 0.4) is 0 Å². The van der Waals surface area contributed by atoms with Gasteiger partial charge in [-0.1, -0.05) is 42.5 Å². The molecule has 10 heteroatoms. The van der Waals surface area contributed by atoms with Gasteiger partial charge in [0.15, 0.2) is 0 Å². The number of anilines is 2. The molecule has 10 nitrogen and oxygen atoms in total. The zero-order valence-corrected chi connectivity index (χ0v) is 23.5. The second-order valence-corrected chi connectivity index (χ2v) is 10.8. The molecule has 40 heavy (non-hydrogen) atoms. The summed E-state index contributed by atoms with van der Waals surface area (Å²) in [5, 5.41) is 3.00. The molecule has 5 rings (SSSR count). The van der Waals surface area contributed by atoms with Crippen molar-refractivity contribution >= 4 is 23.7 Å². The zero-order valence-electron chi connectivity index (χ0n) is 23.5. The molecule has 0 radical (unpaired) electrons. The van der Waals surface area contributed by atoms with Gasteiger partial charge in [-0.3, -0.25) is 4.79 Å². The monoisotopic (exact) mass is 542 g/mol. The average Bonchev–Trinajstić information content (AvgIpc) is 2.96. The highest BCUT2D eigenvalue weighted by Crippen LogP contribution is 2.28.